The summed E-state index contributed by atoms with van der Waals surface area (Å²) in [5, 5.41) is 0. The minimum absolute atomic E-state index is 0.0246. The molecule has 2 rings (SSSR count). The highest BCUT2D eigenvalue weighted by molar-refractivity contribution is 5.78. The molecule has 0 N–H and O–H groups in total. The predicted octanol–water partition coefficient (Wildman–Crippen LogP) is 2.85. The fourth-order valence-corrected chi connectivity index (χ4v) is 2.92. The van der Waals surface area contributed by atoms with E-state index in [0.29, 0.717) is 0 Å². The zero-order chi connectivity index (χ0) is 11.2. The van der Waals surface area contributed by atoms with Crippen LogP contribution in [0.4, 0.5) is 0 Å². The number of allylic oxidation sites excluding steroid dienone is 2. The molecule has 0 saturated carbocycles. The van der Waals surface area contributed by atoms with E-state index in [9.17, 15) is 4.79 Å². The number of carbonyl (C=O) groups excluding carboxylic acids is 1. The fraction of sp³-hybridized carbons (Fsp3) is 0.615. The molecule has 15 heavy (non-hydrogen) atoms. The molecule has 1 heterocycles. The molecular weight excluding hydrogens is 188 g/mol. The number of hydrogen-bond donors (Lipinski definition) is 0. The Morgan fingerprint density at radius 1 is 1.60 bits per heavy atom. The molecule has 1 fully saturated rings. The van der Waals surface area contributed by atoms with E-state index in [1.807, 2.05) is 6.08 Å². The van der Waals surface area contributed by atoms with Gasteiger partial charge in [-0.05, 0) is 24.3 Å². The zero-order valence-electron chi connectivity index (χ0n) is 9.67. The van der Waals surface area contributed by atoms with Crippen LogP contribution in [0.2, 0.25) is 0 Å². The SMILES string of the molecule is C=CCC1=C(C)[C@@H]2C[C@@H](C(=O)O2)C1(C)C. The van der Waals surface area contributed by atoms with Gasteiger partial charge in [0.05, 0.1) is 5.92 Å². The Morgan fingerprint density at radius 3 is 2.87 bits per heavy atom. The molecule has 82 valence electrons. The van der Waals surface area contributed by atoms with E-state index < -0.39 is 0 Å². The smallest absolute Gasteiger partial charge is 0.310 e. The molecule has 2 atom stereocenters. The van der Waals surface area contributed by atoms with Gasteiger partial charge in [0, 0.05) is 6.42 Å². The van der Waals surface area contributed by atoms with Gasteiger partial charge in [0.1, 0.15) is 6.10 Å². The Balaban J connectivity index is 2.47. The summed E-state index contributed by atoms with van der Waals surface area (Å²) < 4.78 is 5.38. The van der Waals surface area contributed by atoms with Gasteiger partial charge >= 0.3 is 5.97 Å². The molecule has 0 radical (unpaired) electrons. The monoisotopic (exact) mass is 206 g/mol. The van der Waals surface area contributed by atoms with Crippen molar-refractivity contribution >= 4 is 5.97 Å². The molecule has 1 aliphatic carbocycles. The quantitative estimate of drug-likeness (QED) is 0.513. The number of hydrogen-bond acceptors (Lipinski definition) is 2. The van der Waals surface area contributed by atoms with E-state index >= 15 is 0 Å². The minimum Gasteiger partial charge on any atom is -0.458 e. The van der Waals surface area contributed by atoms with Crippen LogP contribution >= 0.6 is 0 Å². The average Bonchev–Trinajstić information content (AvgIpc) is 2.52. The van der Waals surface area contributed by atoms with Crippen LogP contribution in [0.25, 0.3) is 0 Å². The lowest BCUT2D eigenvalue weighted by atomic mass is 9.65. The molecule has 2 aliphatic rings. The summed E-state index contributed by atoms with van der Waals surface area (Å²) >= 11 is 0. The van der Waals surface area contributed by atoms with E-state index in [1.165, 1.54) is 11.1 Å². The second-order valence-corrected chi connectivity index (χ2v) is 5.09. The summed E-state index contributed by atoms with van der Waals surface area (Å²) in [6, 6.07) is 0. The third-order valence-corrected chi connectivity index (χ3v) is 3.95. The van der Waals surface area contributed by atoms with Crippen molar-refractivity contribution < 1.29 is 9.53 Å². The lowest BCUT2D eigenvalue weighted by Crippen LogP contribution is -2.33. The van der Waals surface area contributed by atoms with Gasteiger partial charge in [-0.15, -0.1) is 6.58 Å². The van der Waals surface area contributed by atoms with Crippen LogP contribution < -0.4 is 0 Å². The standard InChI is InChI=1S/C13H18O2/c1-5-6-9-8(2)11-7-10(12(14)15-11)13(9,3)4/h5,10-11H,1,6-7H2,2-4H3/t10-,11-/m0/s1. The van der Waals surface area contributed by atoms with E-state index in [2.05, 4.69) is 27.4 Å². The Morgan fingerprint density at radius 2 is 2.27 bits per heavy atom. The molecule has 0 aromatic carbocycles. The molecule has 1 saturated heterocycles. The number of fused-ring (bicyclic) bond motifs is 2. The van der Waals surface area contributed by atoms with Gasteiger partial charge in [-0.1, -0.05) is 25.5 Å². The van der Waals surface area contributed by atoms with Crippen LogP contribution in [0.3, 0.4) is 0 Å². The normalized spacial score (nSPS) is 32.9. The van der Waals surface area contributed by atoms with Gasteiger partial charge in [-0.2, -0.15) is 0 Å². The first-order valence-corrected chi connectivity index (χ1v) is 5.50. The van der Waals surface area contributed by atoms with Crippen LogP contribution in [0.1, 0.15) is 33.6 Å². The first kappa shape index (κ1) is 10.5. The van der Waals surface area contributed by atoms with Crippen molar-refractivity contribution in [1.82, 2.24) is 0 Å². The Kier molecular flexibility index (Phi) is 2.25. The summed E-state index contributed by atoms with van der Waals surface area (Å²) in [6.07, 6.45) is 3.67. The van der Waals surface area contributed by atoms with E-state index in [4.69, 9.17) is 4.74 Å². The van der Waals surface area contributed by atoms with Crippen LogP contribution in [-0.2, 0) is 9.53 Å². The lowest BCUT2D eigenvalue weighted by molar-refractivity contribution is -0.144. The third-order valence-electron chi connectivity index (χ3n) is 3.95. The van der Waals surface area contributed by atoms with Crippen LogP contribution in [-0.4, -0.2) is 12.1 Å². The Hall–Kier alpha value is -1.05. The van der Waals surface area contributed by atoms with Gasteiger partial charge in [0.25, 0.3) is 0 Å². The summed E-state index contributed by atoms with van der Waals surface area (Å²) in [5.74, 6) is 0.0181. The average molecular weight is 206 g/mol. The van der Waals surface area contributed by atoms with Gasteiger partial charge in [0.2, 0.25) is 0 Å². The molecule has 1 aliphatic heterocycles. The van der Waals surface area contributed by atoms with Crippen LogP contribution in [0.5, 0.6) is 0 Å². The molecule has 0 unspecified atom stereocenters. The second-order valence-electron chi connectivity index (χ2n) is 5.09. The largest absolute Gasteiger partial charge is 0.458 e. The number of carbonyl (C=O) groups is 1. The van der Waals surface area contributed by atoms with Crippen molar-refractivity contribution in [2.75, 3.05) is 0 Å². The molecule has 0 aromatic rings. The summed E-state index contributed by atoms with van der Waals surface area (Å²) in [5.41, 5.74) is 2.51. The molecule has 2 heteroatoms. The second kappa shape index (κ2) is 3.22. The van der Waals surface area contributed by atoms with E-state index in [0.717, 1.165) is 12.8 Å². The van der Waals surface area contributed by atoms with Crippen molar-refractivity contribution in [1.29, 1.82) is 0 Å². The maximum atomic E-state index is 11.7. The van der Waals surface area contributed by atoms with Crippen molar-refractivity contribution in [2.24, 2.45) is 11.3 Å². The number of rotatable bonds is 2. The summed E-state index contributed by atoms with van der Waals surface area (Å²) in [7, 11) is 0. The maximum Gasteiger partial charge on any atom is 0.310 e. The highest BCUT2D eigenvalue weighted by Crippen LogP contribution is 2.50. The van der Waals surface area contributed by atoms with E-state index in [-0.39, 0.29) is 23.4 Å². The summed E-state index contributed by atoms with van der Waals surface area (Å²) in [4.78, 5) is 11.7. The molecule has 2 bridgehead atoms. The van der Waals surface area contributed by atoms with Crippen molar-refractivity contribution in [2.45, 2.75) is 39.7 Å². The van der Waals surface area contributed by atoms with Crippen molar-refractivity contribution in [3.8, 4) is 0 Å². The fourth-order valence-electron chi connectivity index (χ4n) is 2.92. The molecule has 0 amide bonds. The highest BCUT2D eigenvalue weighted by Gasteiger charge is 2.50. The minimum atomic E-state index is -0.0671. The molecule has 2 nitrogen and oxygen atoms in total. The van der Waals surface area contributed by atoms with Crippen LogP contribution in [0.15, 0.2) is 23.8 Å². The predicted molar refractivity (Wildman–Crippen MR) is 59.3 cm³/mol. The highest BCUT2D eigenvalue weighted by atomic mass is 16.6. The topological polar surface area (TPSA) is 26.3 Å². The van der Waals surface area contributed by atoms with Gasteiger partial charge in [-0.25, -0.2) is 0 Å². The zero-order valence-corrected chi connectivity index (χ0v) is 9.67. The van der Waals surface area contributed by atoms with E-state index in [1.54, 1.807) is 0 Å². The van der Waals surface area contributed by atoms with Crippen molar-refractivity contribution in [3.05, 3.63) is 23.8 Å². The van der Waals surface area contributed by atoms with Gasteiger partial charge in [0.15, 0.2) is 0 Å². The number of ether oxygens (including phenoxy) is 1. The van der Waals surface area contributed by atoms with Crippen LogP contribution in [0, 0.1) is 11.3 Å². The molecule has 0 spiro atoms. The Labute approximate surface area is 91.0 Å². The summed E-state index contributed by atoms with van der Waals surface area (Å²) in [6.45, 7) is 10.2. The third kappa shape index (κ3) is 1.35. The number of esters is 1. The van der Waals surface area contributed by atoms with Crippen molar-refractivity contribution in [3.63, 3.8) is 0 Å². The van der Waals surface area contributed by atoms with Gasteiger partial charge < -0.3 is 4.74 Å². The lowest BCUT2D eigenvalue weighted by Gasteiger charge is -2.36. The first-order valence-electron chi connectivity index (χ1n) is 5.50. The van der Waals surface area contributed by atoms with Gasteiger partial charge in [-0.3, -0.25) is 4.79 Å². The first-order chi connectivity index (χ1) is 6.98. The molecular formula is C13H18O2. The molecule has 0 aromatic heterocycles. The Bertz CT molecular complexity index is 350. The maximum absolute atomic E-state index is 11.7.